The Bertz CT molecular complexity index is 421. The Balaban J connectivity index is 2.47. The predicted molar refractivity (Wildman–Crippen MR) is 61.7 cm³/mol. The van der Waals surface area contributed by atoms with Crippen molar-refractivity contribution in [1.82, 2.24) is 10.6 Å². The van der Waals surface area contributed by atoms with Gasteiger partial charge in [0.05, 0.1) is 18.1 Å². The van der Waals surface area contributed by atoms with Gasteiger partial charge in [-0.15, -0.1) is 0 Å². The van der Waals surface area contributed by atoms with Gasteiger partial charge in [-0.2, -0.15) is 0 Å². The van der Waals surface area contributed by atoms with Crippen LogP contribution in [-0.4, -0.2) is 67.2 Å². The van der Waals surface area contributed by atoms with E-state index in [0.717, 1.165) is 0 Å². The lowest BCUT2D eigenvalue weighted by Crippen LogP contribution is -2.50. The number of rotatable bonds is 5. The number of aliphatic hydroxyl groups is 1. The molecule has 1 heterocycles. The minimum Gasteiger partial charge on any atom is -0.480 e. The zero-order chi connectivity index (χ0) is 13.8. The van der Waals surface area contributed by atoms with E-state index in [9.17, 15) is 18.0 Å². The van der Waals surface area contributed by atoms with Crippen LogP contribution in [0.5, 0.6) is 0 Å². The van der Waals surface area contributed by atoms with Gasteiger partial charge in [-0.1, -0.05) is 0 Å². The molecule has 1 saturated heterocycles. The molecule has 4 N–H and O–H groups in total. The Morgan fingerprint density at radius 1 is 1.44 bits per heavy atom. The van der Waals surface area contributed by atoms with E-state index >= 15 is 0 Å². The quantitative estimate of drug-likeness (QED) is 0.431. The molecule has 1 unspecified atom stereocenters. The minimum absolute atomic E-state index is 0.0412. The topological polar surface area (TPSA) is 133 Å². The summed E-state index contributed by atoms with van der Waals surface area (Å²) in [5.41, 5.74) is 0. The fraction of sp³-hybridized carbons (Fsp3) is 0.778. The molecule has 0 radical (unpaired) electrons. The Hall–Kier alpha value is -1.19. The molecule has 1 fully saturated rings. The highest BCUT2D eigenvalue weighted by Crippen LogP contribution is 2.05. The van der Waals surface area contributed by atoms with Crippen LogP contribution >= 0.6 is 0 Å². The van der Waals surface area contributed by atoms with E-state index in [1.54, 1.807) is 0 Å². The van der Waals surface area contributed by atoms with Gasteiger partial charge in [0.15, 0.2) is 9.84 Å². The van der Waals surface area contributed by atoms with Gasteiger partial charge in [-0.25, -0.2) is 13.2 Å². The van der Waals surface area contributed by atoms with Crippen molar-refractivity contribution in [3.63, 3.8) is 0 Å². The highest BCUT2D eigenvalue weighted by molar-refractivity contribution is 7.91. The molecule has 9 heteroatoms. The van der Waals surface area contributed by atoms with Crippen LogP contribution in [0.15, 0.2) is 0 Å². The van der Waals surface area contributed by atoms with Gasteiger partial charge in [0.2, 0.25) is 5.91 Å². The smallest absolute Gasteiger partial charge is 0.328 e. The van der Waals surface area contributed by atoms with Crippen LogP contribution in [0.4, 0.5) is 0 Å². The highest BCUT2D eigenvalue weighted by Gasteiger charge is 2.27. The van der Waals surface area contributed by atoms with Crippen molar-refractivity contribution in [2.24, 2.45) is 0 Å². The SMILES string of the molecule is O=C(CC1CS(=O)(=O)CCN1)N[C@@H](CO)C(=O)O. The Kier molecular flexibility index (Phi) is 5.05. The van der Waals surface area contributed by atoms with Crippen LogP contribution in [-0.2, 0) is 19.4 Å². The van der Waals surface area contributed by atoms with Crippen LogP contribution in [0.1, 0.15) is 6.42 Å². The number of carbonyl (C=O) groups excluding carboxylic acids is 1. The summed E-state index contributed by atoms with van der Waals surface area (Å²) >= 11 is 0. The lowest BCUT2D eigenvalue weighted by atomic mass is 10.2. The van der Waals surface area contributed by atoms with Gasteiger partial charge >= 0.3 is 5.97 Å². The number of carbonyl (C=O) groups is 2. The molecule has 0 aromatic heterocycles. The van der Waals surface area contributed by atoms with Crippen molar-refractivity contribution < 1.29 is 28.2 Å². The summed E-state index contributed by atoms with van der Waals surface area (Å²) in [6, 6.07) is -1.88. The van der Waals surface area contributed by atoms with E-state index in [2.05, 4.69) is 10.6 Å². The van der Waals surface area contributed by atoms with Gasteiger partial charge in [0, 0.05) is 19.0 Å². The zero-order valence-corrected chi connectivity index (χ0v) is 10.4. The van der Waals surface area contributed by atoms with E-state index in [4.69, 9.17) is 10.2 Å². The molecule has 1 aliphatic rings. The van der Waals surface area contributed by atoms with Crippen molar-refractivity contribution in [3.8, 4) is 0 Å². The summed E-state index contributed by atoms with van der Waals surface area (Å²) < 4.78 is 22.6. The van der Waals surface area contributed by atoms with Crippen molar-refractivity contribution in [3.05, 3.63) is 0 Å². The molecule has 1 amide bonds. The van der Waals surface area contributed by atoms with Crippen LogP contribution in [0.3, 0.4) is 0 Å². The average Bonchev–Trinajstić information content (AvgIpc) is 2.23. The Morgan fingerprint density at radius 2 is 2.11 bits per heavy atom. The number of sulfone groups is 1. The fourth-order valence-electron chi connectivity index (χ4n) is 1.66. The summed E-state index contributed by atoms with van der Waals surface area (Å²) in [5.74, 6) is -2.04. The molecule has 104 valence electrons. The third-order valence-electron chi connectivity index (χ3n) is 2.55. The number of nitrogens with one attached hydrogen (secondary N) is 2. The molecule has 0 aromatic carbocycles. The van der Waals surface area contributed by atoms with Crippen molar-refractivity contribution in [2.45, 2.75) is 18.5 Å². The molecule has 8 nitrogen and oxygen atoms in total. The number of aliphatic hydroxyl groups excluding tert-OH is 1. The molecular weight excluding hydrogens is 264 g/mol. The third kappa shape index (κ3) is 4.59. The molecule has 0 aromatic rings. The van der Waals surface area contributed by atoms with E-state index in [1.165, 1.54) is 0 Å². The summed E-state index contributed by atoms with van der Waals surface area (Å²) in [7, 11) is -3.14. The molecule has 0 spiro atoms. The monoisotopic (exact) mass is 280 g/mol. The minimum atomic E-state index is -3.14. The molecule has 0 saturated carbocycles. The second-order valence-corrected chi connectivity index (χ2v) is 6.34. The largest absolute Gasteiger partial charge is 0.480 e. The molecule has 2 atom stereocenters. The van der Waals surface area contributed by atoms with Gasteiger partial charge in [-0.3, -0.25) is 4.79 Å². The molecular formula is C9H16N2O6S. The van der Waals surface area contributed by atoms with E-state index in [0.29, 0.717) is 0 Å². The maximum atomic E-state index is 11.5. The van der Waals surface area contributed by atoms with Gasteiger partial charge in [-0.05, 0) is 0 Å². The average molecular weight is 280 g/mol. The number of hydrogen-bond acceptors (Lipinski definition) is 6. The predicted octanol–water partition coefficient (Wildman–Crippen LogP) is -2.68. The highest BCUT2D eigenvalue weighted by atomic mass is 32.2. The standard InChI is InChI=1S/C9H16N2O6S/c12-4-7(9(14)15)11-8(13)3-6-5-18(16,17)2-1-10-6/h6-7,10,12H,1-5H2,(H,11,13)(H,14,15)/t6?,7-/m0/s1. The van der Waals surface area contributed by atoms with Crippen LogP contribution < -0.4 is 10.6 Å². The molecule has 1 rings (SSSR count). The van der Waals surface area contributed by atoms with E-state index in [-0.39, 0.29) is 24.5 Å². The second-order valence-electron chi connectivity index (χ2n) is 4.11. The fourth-order valence-corrected chi connectivity index (χ4v) is 3.11. The van der Waals surface area contributed by atoms with Gasteiger partial charge in [0.25, 0.3) is 0 Å². The Labute approximate surface area is 104 Å². The van der Waals surface area contributed by atoms with Crippen LogP contribution in [0, 0.1) is 0 Å². The molecule has 0 aliphatic carbocycles. The number of carboxylic acids is 1. The van der Waals surface area contributed by atoms with E-state index < -0.39 is 40.4 Å². The summed E-state index contributed by atoms with van der Waals surface area (Å²) in [4.78, 5) is 22.1. The van der Waals surface area contributed by atoms with Gasteiger partial charge < -0.3 is 20.8 Å². The van der Waals surface area contributed by atoms with Crippen molar-refractivity contribution in [1.29, 1.82) is 0 Å². The summed E-state index contributed by atoms with van der Waals surface area (Å²) in [6.07, 6.45) is -0.136. The summed E-state index contributed by atoms with van der Waals surface area (Å²) in [5, 5.41) is 22.3. The Morgan fingerprint density at radius 3 is 2.61 bits per heavy atom. The van der Waals surface area contributed by atoms with Crippen molar-refractivity contribution in [2.75, 3.05) is 24.7 Å². The number of amides is 1. The lowest BCUT2D eigenvalue weighted by molar-refractivity contribution is -0.143. The normalized spacial score (nSPS) is 24.2. The lowest BCUT2D eigenvalue weighted by Gasteiger charge is -2.23. The maximum absolute atomic E-state index is 11.5. The number of hydrogen-bond donors (Lipinski definition) is 4. The van der Waals surface area contributed by atoms with Crippen LogP contribution in [0.25, 0.3) is 0 Å². The maximum Gasteiger partial charge on any atom is 0.328 e. The van der Waals surface area contributed by atoms with Crippen LogP contribution in [0.2, 0.25) is 0 Å². The second kappa shape index (κ2) is 6.12. The summed E-state index contributed by atoms with van der Waals surface area (Å²) in [6.45, 7) is -0.430. The number of aliphatic carboxylic acids is 1. The number of carboxylic acid groups (broad SMARTS) is 1. The van der Waals surface area contributed by atoms with E-state index in [1.807, 2.05) is 0 Å². The molecule has 18 heavy (non-hydrogen) atoms. The molecule has 1 aliphatic heterocycles. The molecule has 0 bridgehead atoms. The third-order valence-corrected chi connectivity index (χ3v) is 4.29. The first-order valence-corrected chi connectivity index (χ1v) is 7.23. The van der Waals surface area contributed by atoms with Crippen molar-refractivity contribution >= 4 is 21.7 Å². The first-order valence-electron chi connectivity index (χ1n) is 5.41. The first-order chi connectivity index (χ1) is 8.34. The first kappa shape index (κ1) is 14.9. The van der Waals surface area contributed by atoms with Gasteiger partial charge in [0.1, 0.15) is 6.04 Å². The zero-order valence-electron chi connectivity index (χ0n) is 9.63.